The maximum absolute atomic E-state index is 5.35. The molecule has 0 fully saturated rings. The minimum absolute atomic E-state index is 0.0907. The Labute approximate surface area is 137 Å². The van der Waals surface area contributed by atoms with Crippen molar-refractivity contribution in [3.63, 3.8) is 0 Å². The number of ether oxygens (including phenoxy) is 4. The Bertz CT molecular complexity index is 657. The maximum Gasteiger partial charge on any atom is 0.162 e. The van der Waals surface area contributed by atoms with Gasteiger partial charge in [-0.15, -0.1) is 0 Å². The minimum Gasteiger partial charge on any atom is -0.493 e. The van der Waals surface area contributed by atoms with Crippen LogP contribution in [0.1, 0.15) is 18.5 Å². The largest absolute Gasteiger partial charge is 0.493 e. The monoisotopic (exact) mass is 317 g/mol. The van der Waals surface area contributed by atoms with Crippen LogP contribution < -0.4 is 24.3 Å². The molecule has 1 N–H and O–H groups in total. The average molecular weight is 317 g/mol. The van der Waals surface area contributed by atoms with Gasteiger partial charge in [0, 0.05) is 17.8 Å². The second kappa shape index (κ2) is 7.63. The van der Waals surface area contributed by atoms with E-state index in [1.807, 2.05) is 36.4 Å². The summed E-state index contributed by atoms with van der Waals surface area (Å²) in [5.41, 5.74) is 2.04. The quantitative estimate of drug-likeness (QED) is 0.839. The summed E-state index contributed by atoms with van der Waals surface area (Å²) in [4.78, 5) is 0. The molecule has 124 valence electrons. The highest BCUT2D eigenvalue weighted by molar-refractivity contribution is 5.56. The molecule has 2 aromatic rings. The summed E-state index contributed by atoms with van der Waals surface area (Å²) in [5.74, 6) is 2.83. The molecule has 0 amide bonds. The van der Waals surface area contributed by atoms with Gasteiger partial charge in [0.25, 0.3) is 0 Å². The van der Waals surface area contributed by atoms with Gasteiger partial charge in [-0.25, -0.2) is 0 Å². The van der Waals surface area contributed by atoms with Crippen LogP contribution in [0.2, 0.25) is 0 Å². The lowest BCUT2D eigenvalue weighted by Gasteiger charge is -2.18. The molecule has 5 heteroatoms. The average Bonchev–Trinajstić information content (AvgIpc) is 2.60. The van der Waals surface area contributed by atoms with Crippen molar-refractivity contribution in [3.8, 4) is 23.0 Å². The lowest BCUT2D eigenvalue weighted by molar-refractivity contribution is 0.354. The normalized spacial score (nSPS) is 11.5. The highest BCUT2D eigenvalue weighted by atomic mass is 16.5. The fraction of sp³-hybridized carbons (Fsp3) is 0.333. The van der Waals surface area contributed by atoms with Gasteiger partial charge in [-0.3, -0.25) is 0 Å². The summed E-state index contributed by atoms with van der Waals surface area (Å²) in [6.45, 7) is 2.08. The molecule has 5 nitrogen and oxygen atoms in total. The summed E-state index contributed by atoms with van der Waals surface area (Å²) in [7, 11) is 6.51. The van der Waals surface area contributed by atoms with E-state index < -0.39 is 0 Å². The molecule has 0 aliphatic rings. The van der Waals surface area contributed by atoms with Gasteiger partial charge in [0.1, 0.15) is 0 Å². The van der Waals surface area contributed by atoms with Crippen LogP contribution in [-0.2, 0) is 0 Å². The Hall–Kier alpha value is -2.56. The molecule has 0 saturated heterocycles. The number of nitrogens with one attached hydrogen (secondary N) is 1. The Morgan fingerprint density at radius 1 is 0.696 bits per heavy atom. The van der Waals surface area contributed by atoms with Crippen LogP contribution in [0.3, 0.4) is 0 Å². The third-order valence-corrected chi connectivity index (χ3v) is 3.67. The fourth-order valence-electron chi connectivity index (χ4n) is 2.38. The predicted octanol–water partition coefficient (Wildman–Crippen LogP) is 3.89. The van der Waals surface area contributed by atoms with Crippen molar-refractivity contribution in [2.24, 2.45) is 0 Å². The molecule has 23 heavy (non-hydrogen) atoms. The van der Waals surface area contributed by atoms with Crippen molar-refractivity contribution >= 4 is 5.69 Å². The second-order valence-electron chi connectivity index (χ2n) is 5.05. The Morgan fingerprint density at radius 2 is 1.22 bits per heavy atom. The summed E-state index contributed by atoms with van der Waals surface area (Å²) in [6.07, 6.45) is 0. The lowest BCUT2D eigenvalue weighted by Crippen LogP contribution is -2.07. The van der Waals surface area contributed by atoms with Crippen molar-refractivity contribution < 1.29 is 18.9 Å². The third kappa shape index (κ3) is 3.80. The number of hydrogen-bond donors (Lipinski definition) is 1. The van der Waals surface area contributed by atoms with Gasteiger partial charge in [0.15, 0.2) is 23.0 Å². The van der Waals surface area contributed by atoms with Gasteiger partial charge >= 0.3 is 0 Å². The molecule has 0 spiro atoms. The van der Waals surface area contributed by atoms with E-state index in [2.05, 4.69) is 12.2 Å². The topological polar surface area (TPSA) is 49.0 Å². The molecular weight excluding hydrogens is 294 g/mol. The van der Waals surface area contributed by atoms with Gasteiger partial charge in [0.2, 0.25) is 0 Å². The SMILES string of the molecule is COc1ccc(NC(C)c2ccc(OC)c(OC)c2)cc1OC. The summed E-state index contributed by atoms with van der Waals surface area (Å²) < 4.78 is 21.2. The molecule has 0 saturated carbocycles. The van der Waals surface area contributed by atoms with Gasteiger partial charge in [-0.1, -0.05) is 6.07 Å². The molecule has 2 aromatic carbocycles. The van der Waals surface area contributed by atoms with Crippen molar-refractivity contribution in [1.82, 2.24) is 0 Å². The van der Waals surface area contributed by atoms with Crippen molar-refractivity contribution in [2.45, 2.75) is 13.0 Å². The van der Waals surface area contributed by atoms with E-state index in [0.29, 0.717) is 17.2 Å². The molecule has 1 atom stereocenters. The number of rotatable bonds is 7. The number of hydrogen-bond acceptors (Lipinski definition) is 5. The zero-order valence-electron chi connectivity index (χ0n) is 14.2. The zero-order chi connectivity index (χ0) is 16.8. The molecule has 0 aliphatic heterocycles. The first-order valence-electron chi connectivity index (χ1n) is 7.33. The standard InChI is InChI=1S/C18H23NO4/c1-12(13-6-8-15(20-2)17(10-13)22-4)19-14-7-9-16(21-3)18(11-14)23-5/h6-12,19H,1-5H3. The van der Waals surface area contributed by atoms with Crippen molar-refractivity contribution in [1.29, 1.82) is 0 Å². The summed E-state index contributed by atoms with van der Waals surface area (Å²) in [6, 6.07) is 11.7. The Balaban J connectivity index is 2.20. The van der Waals surface area contributed by atoms with Crippen LogP contribution in [-0.4, -0.2) is 28.4 Å². The van der Waals surface area contributed by atoms with E-state index in [1.54, 1.807) is 28.4 Å². The predicted molar refractivity (Wildman–Crippen MR) is 91.1 cm³/mol. The van der Waals surface area contributed by atoms with E-state index in [1.165, 1.54) is 0 Å². The first-order chi connectivity index (χ1) is 11.1. The number of benzene rings is 2. The third-order valence-electron chi connectivity index (χ3n) is 3.67. The van der Waals surface area contributed by atoms with Gasteiger partial charge in [0.05, 0.1) is 28.4 Å². The van der Waals surface area contributed by atoms with E-state index >= 15 is 0 Å². The van der Waals surface area contributed by atoms with Crippen LogP contribution in [0, 0.1) is 0 Å². The summed E-state index contributed by atoms with van der Waals surface area (Å²) in [5, 5.41) is 3.44. The van der Waals surface area contributed by atoms with Crippen molar-refractivity contribution in [3.05, 3.63) is 42.0 Å². The lowest BCUT2D eigenvalue weighted by atomic mass is 10.1. The molecule has 2 rings (SSSR count). The second-order valence-corrected chi connectivity index (χ2v) is 5.05. The molecule has 0 aliphatic carbocycles. The van der Waals surface area contributed by atoms with E-state index in [0.717, 1.165) is 17.0 Å². The fourth-order valence-corrected chi connectivity index (χ4v) is 2.38. The minimum atomic E-state index is 0.0907. The van der Waals surface area contributed by atoms with Crippen LogP contribution in [0.15, 0.2) is 36.4 Å². The number of methoxy groups -OCH3 is 4. The van der Waals surface area contributed by atoms with Crippen LogP contribution in [0.5, 0.6) is 23.0 Å². The molecule has 1 unspecified atom stereocenters. The first-order valence-corrected chi connectivity index (χ1v) is 7.33. The molecule has 0 aromatic heterocycles. The summed E-state index contributed by atoms with van der Waals surface area (Å²) >= 11 is 0. The van der Waals surface area contributed by atoms with E-state index in [-0.39, 0.29) is 6.04 Å². The van der Waals surface area contributed by atoms with Gasteiger partial charge in [-0.05, 0) is 36.8 Å². The van der Waals surface area contributed by atoms with Gasteiger partial charge < -0.3 is 24.3 Å². The van der Waals surface area contributed by atoms with E-state index in [9.17, 15) is 0 Å². The first kappa shape index (κ1) is 16.8. The molecule has 0 radical (unpaired) electrons. The van der Waals surface area contributed by atoms with Crippen LogP contribution in [0.25, 0.3) is 0 Å². The van der Waals surface area contributed by atoms with Crippen LogP contribution >= 0.6 is 0 Å². The Morgan fingerprint density at radius 3 is 1.78 bits per heavy atom. The van der Waals surface area contributed by atoms with Crippen molar-refractivity contribution in [2.75, 3.05) is 33.8 Å². The molecular formula is C18H23NO4. The number of anilines is 1. The highest BCUT2D eigenvalue weighted by Crippen LogP contribution is 2.33. The smallest absolute Gasteiger partial charge is 0.162 e. The van der Waals surface area contributed by atoms with Crippen LogP contribution in [0.4, 0.5) is 5.69 Å². The molecule has 0 bridgehead atoms. The van der Waals surface area contributed by atoms with E-state index in [4.69, 9.17) is 18.9 Å². The van der Waals surface area contributed by atoms with Gasteiger partial charge in [-0.2, -0.15) is 0 Å². The Kier molecular flexibility index (Phi) is 5.57. The highest BCUT2D eigenvalue weighted by Gasteiger charge is 2.11. The zero-order valence-corrected chi connectivity index (χ0v) is 14.2. The molecule has 0 heterocycles. The maximum atomic E-state index is 5.35.